The first-order valence-electron chi connectivity index (χ1n) is 10.4. The largest absolute Gasteiger partial charge is 0.356 e. The highest BCUT2D eigenvalue weighted by molar-refractivity contribution is 5.96. The van der Waals surface area contributed by atoms with Crippen LogP contribution >= 0.6 is 0 Å². The Labute approximate surface area is 174 Å². The summed E-state index contributed by atoms with van der Waals surface area (Å²) in [5.74, 6) is -0.301. The third kappa shape index (κ3) is 2.53. The van der Waals surface area contributed by atoms with E-state index in [2.05, 4.69) is 23.2 Å². The van der Waals surface area contributed by atoms with Gasteiger partial charge in [-0.05, 0) is 54.3 Å². The van der Waals surface area contributed by atoms with Crippen molar-refractivity contribution in [3.05, 3.63) is 107 Å². The minimum absolute atomic E-state index is 0.0107. The zero-order valence-electron chi connectivity index (χ0n) is 16.4. The van der Waals surface area contributed by atoms with Crippen LogP contribution in [0.1, 0.15) is 46.1 Å². The first-order valence-corrected chi connectivity index (χ1v) is 10.4. The maximum Gasteiger partial charge on any atom is 0.254 e. The van der Waals surface area contributed by atoms with Crippen molar-refractivity contribution in [2.45, 2.75) is 24.3 Å². The van der Waals surface area contributed by atoms with E-state index < -0.39 is 0 Å². The summed E-state index contributed by atoms with van der Waals surface area (Å²) >= 11 is 0. The lowest BCUT2D eigenvalue weighted by molar-refractivity contribution is 0.0661. The van der Waals surface area contributed by atoms with Crippen molar-refractivity contribution in [2.24, 2.45) is 0 Å². The number of rotatable bonds is 2. The third-order valence-corrected chi connectivity index (χ3v) is 6.62. The minimum Gasteiger partial charge on any atom is -0.356 e. The second kappa shape index (κ2) is 6.30. The molecule has 0 saturated heterocycles. The van der Waals surface area contributed by atoms with Crippen LogP contribution in [0.15, 0.2) is 78.9 Å². The number of halogens is 1. The second-order valence-electron chi connectivity index (χ2n) is 8.50. The Morgan fingerprint density at radius 1 is 0.967 bits per heavy atom. The van der Waals surface area contributed by atoms with Gasteiger partial charge >= 0.3 is 0 Å². The van der Waals surface area contributed by atoms with Gasteiger partial charge in [0.15, 0.2) is 0 Å². The number of carbonyl (C=O) groups excluding carboxylic acids is 1. The molecule has 1 fully saturated rings. The second-order valence-corrected chi connectivity index (χ2v) is 8.50. The fourth-order valence-electron chi connectivity index (χ4n) is 5.11. The van der Waals surface area contributed by atoms with E-state index in [0.29, 0.717) is 12.1 Å². The number of hydrogen-bond acceptors (Lipinski definition) is 1. The number of amides is 1. The van der Waals surface area contributed by atoms with Crippen LogP contribution < -0.4 is 0 Å². The van der Waals surface area contributed by atoms with E-state index in [1.54, 1.807) is 12.1 Å². The van der Waals surface area contributed by atoms with E-state index in [9.17, 15) is 9.18 Å². The first-order chi connectivity index (χ1) is 14.7. The summed E-state index contributed by atoms with van der Waals surface area (Å²) in [6, 6.07) is 24.0. The highest BCUT2D eigenvalue weighted by atomic mass is 19.1. The number of aromatic amines is 1. The average Bonchev–Trinajstić information content (AvgIpc) is 3.42. The summed E-state index contributed by atoms with van der Waals surface area (Å²) in [5, 5.41) is 1.22. The van der Waals surface area contributed by atoms with Gasteiger partial charge in [0.1, 0.15) is 5.82 Å². The van der Waals surface area contributed by atoms with Gasteiger partial charge in [-0.15, -0.1) is 0 Å². The van der Waals surface area contributed by atoms with Crippen LogP contribution in [-0.4, -0.2) is 22.3 Å². The van der Waals surface area contributed by atoms with Gasteiger partial charge in [-0.3, -0.25) is 4.79 Å². The van der Waals surface area contributed by atoms with Crippen molar-refractivity contribution in [3.63, 3.8) is 0 Å². The predicted octanol–water partition coefficient (Wildman–Crippen LogP) is 5.58. The maximum absolute atomic E-state index is 14.2. The molecule has 3 aromatic carbocycles. The lowest BCUT2D eigenvalue weighted by Crippen LogP contribution is -2.45. The number of hydrogen-bond donors (Lipinski definition) is 1. The van der Waals surface area contributed by atoms with Crippen molar-refractivity contribution >= 4 is 16.8 Å². The standard InChI is InChI=1S/C26H21FN2O/c27-19-10-6-9-18(15-19)24-23-22(20-11-4-5-12-21(20)28-23)26(13-14-26)16-29(24)25(30)17-7-2-1-3-8-17/h1-12,15,24,28H,13-14,16H2. The molecule has 2 heterocycles. The molecule has 1 atom stereocenters. The van der Waals surface area contributed by atoms with E-state index in [0.717, 1.165) is 29.6 Å². The summed E-state index contributed by atoms with van der Waals surface area (Å²) in [5.41, 5.74) is 4.85. The van der Waals surface area contributed by atoms with Gasteiger partial charge in [0.25, 0.3) is 5.91 Å². The fourth-order valence-corrected chi connectivity index (χ4v) is 5.11. The van der Waals surface area contributed by atoms with E-state index in [1.165, 1.54) is 17.0 Å². The average molecular weight is 396 g/mol. The Balaban J connectivity index is 1.59. The predicted molar refractivity (Wildman–Crippen MR) is 115 cm³/mol. The van der Waals surface area contributed by atoms with E-state index in [-0.39, 0.29) is 23.2 Å². The molecule has 148 valence electrons. The molecule has 1 saturated carbocycles. The molecule has 1 aromatic heterocycles. The third-order valence-electron chi connectivity index (χ3n) is 6.62. The maximum atomic E-state index is 14.2. The number of para-hydroxylation sites is 1. The minimum atomic E-state index is -0.345. The number of fused-ring (bicyclic) bond motifs is 4. The van der Waals surface area contributed by atoms with Crippen LogP contribution in [0.25, 0.3) is 10.9 Å². The van der Waals surface area contributed by atoms with Crippen LogP contribution in [0.2, 0.25) is 0 Å². The molecule has 3 nitrogen and oxygen atoms in total. The van der Waals surface area contributed by atoms with Gasteiger partial charge < -0.3 is 9.88 Å². The summed E-state index contributed by atoms with van der Waals surface area (Å²) in [6.07, 6.45) is 2.13. The summed E-state index contributed by atoms with van der Waals surface area (Å²) in [7, 11) is 0. The summed E-state index contributed by atoms with van der Waals surface area (Å²) in [6.45, 7) is 0.650. The molecular formula is C26H21FN2O. The van der Waals surface area contributed by atoms with Gasteiger partial charge in [0, 0.05) is 34.1 Å². The van der Waals surface area contributed by atoms with Crippen LogP contribution in [0, 0.1) is 5.82 Å². The highest BCUT2D eigenvalue weighted by Crippen LogP contribution is 2.58. The number of aromatic nitrogens is 1. The van der Waals surface area contributed by atoms with Gasteiger partial charge in [0.05, 0.1) is 6.04 Å². The molecule has 2 aliphatic rings. The molecule has 4 heteroatoms. The first kappa shape index (κ1) is 17.5. The molecule has 0 bridgehead atoms. The van der Waals surface area contributed by atoms with Crippen LogP contribution in [0.5, 0.6) is 0 Å². The molecule has 6 rings (SSSR count). The molecule has 30 heavy (non-hydrogen) atoms. The summed E-state index contributed by atoms with van der Waals surface area (Å²) < 4.78 is 14.2. The molecule has 4 aromatic rings. The van der Waals surface area contributed by atoms with E-state index in [4.69, 9.17) is 0 Å². The Hall–Kier alpha value is -3.40. The van der Waals surface area contributed by atoms with Crippen molar-refractivity contribution < 1.29 is 9.18 Å². The molecule has 1 unspecified atom stereocenters. The van der Waals surface area contributed by atoms with Crippen molar-refractivity contribution in [3.8, 4) is 0 Å². The van der Waals surface area contributed by atoms with E-state index >= 15 is 0 Å². The Kier molecular flexibility index (Phi) is 3.66. The van der Waals surface area contributed by atoms with Crippen molar-refractivity contribution in [2.75, 3.05) is 6.54 Å². The molecule has 0 radical (unpaired) electrons. The van der Waals surface area contributed by atoms with Crippen LogP contribution in [0.4, 0.5) is 4.39 Å². The molecule has 1 aliphatic heterocycles. The fraction of sp³-hybridized carbons (Fsp3) is 0.192. The zero-order valence-corrected chi connectivity index (χ0v) is 16.4. The Morgan fingerprint density at radius 3 is 2.50 bits per heavy atom. The van der Waals surface area contributed by atoms with Crippen molar-refractivity contribution in [1.29, 1.82) is 0 Å². The van der Waals surface area contributed by atoms with Gasteiger partial charge in [-0.25, -0.2) is 4.39 Å². The molecule has 1 amide bonds. The highest BCUT2D eigenvalue weighted by Gasteiger charge is 2.54. The van der Waals surface area contributed by atoms with Crippen LogP contribution in [0.3, 0.4) is 0 Å². The van der Waals surface area contributed by atoms with Crippen molar-refractivity contribution in [1.82, 2.24) is 9.88 Å². The quantitative estimate of drug-likeness (QED) is 0.471. The topological polar surface area (TPSA) is 36.1 Å². The zero-order chi connectivity index (χ0) is 20.3. The van der Waals surface area contributed by atoms with Gasteiger partial charge in [-0.2, -0.15) is 0 Å². The monoisotopic (exact) mass is 396 g/mol. The van der Waals surface area contributed by atoms with Gasteiger partial charge in [-0.1, -0.05) is 48.5 Å². The smallest absolute Gasteiger partial charge is 0.254 e. The molecule has 1 N–H and O–H groups in total. The lowest BCUT2D eigenvalue weighted by atomic mass is 9.83. The normalized spacial score (nSPS) is 19.1. The van der Waals surface area contributed by atoms with Crippen LogP contribution in [-0.2, 0) is 5.41 Å². The number of H-pyrrole nitrogens is 1. The number of benzene rings is 3. The SMILES string of the molecule is O=C(c1ccccc1)N1CC2(CC2)c2c([nH]c3ccccc23)C1c1cccc(F)c1. The molecular weight excluding hydrogens is 375 g/mol. The van der Waals surface area contributed by atoms with E-state index in [1.807, 2.05) is 47.4 Å². The number of nitrogens with one attached hydrogen (secondary N) is 1. The number of carbonyl (C=O) groups is 1. The molecule has 1 spiro atoms. The number of nitrogens with zero attached hydrogens (tertiary/aromatic N) is 1. The summed E-state index contributed by atoms with van der Waals surface area (Å²) in [4.78, 5) is 19.2. The van der Waals surface area contributed by atoms with Gasteiger partial charge in [0.2, 0.25) is 0 Å². The lowest BCUT2D eigenvalue weighted by Gasteiger charge is -2.40. The Bertz CT molecular complexity index is 1270. The Morgan fingerprint density at radius 2 is 1.73 bits per heavy atom. The molecule has 1 aliphatic carbocycles.